The summed E-state index contributed by atoms with van der Waals surface area (Å²) in [6.45, 7) is 0. The zero-order valence-corrected chi connectivity index (χ0v) is 11.2. The number of nitrogens with one attached hydrogen (secondary N) is 1. The van der Waals surface area contributed by atoms with Gasteiger partial charge in [-0.3, -0.25) is 4.79 Å². The smallest absolute Gasteiger partial charge is 0.292 e. The summed E-state index contributed by atoms with van der Waals surface area (Å²) >= 11 is 0. The molecule has 0 unspecified atom stereocenters. The van der Waals surface area contributed by atoms with Gasteiger partial charge in [-0.2, -0.15) is 4.98 Å². The number of amides is 1. The molecule has 0 aliphatic carbocycles. The molecule has 2 heterocycles. The number of para-hydroxylation sites is 1. The Morgan fingerprint density at radius 3 is 2.75 bits per heavy atom. The lowest BCUT2D eigenvalue weighted by Crippen LogP contribution is -2.22. The Morgan fingerprint density at radius 2 is 2.10 bits per heavy atom. The second kappa shape index (κ2) is 4.41. The predicted molar refractivity (Wildman–Crippen MR) is 76.2 cm³/mol. The van der Waals surface area contributed by atoms with Crippen molar-refractivity contribution in [2.75, 3.05) is 19.8 Å². The lowest BCUT2D eigenvalue weighted by atomic mass is 10.1. The summed E-state index contributed by atoms with van der Waals surface area (Å²) in [5.74, 6) is -0.127. The van der Waals surface area contributed by atoms with Gasteiger partial charge in [-0.25, -0.2) is 0 Å². The molecular weight excluding hydrogens is 256 g/mol. The number of nitrogen functional groups attached to an aromatic ring is 1. The highest BCUT2D eigenvalue weighted by atomic mass is 16.4. The van der Waals surface area contributed by atoms with Gasteiger partial charge in [0, 0.05) is 30.6 Å². The fourth-order valence-electron chi connectivity index (χ4n) is 2.19. The molecule has 0 saturated carbocycles. The van der Waals surface area contributed by atoms with Crippen molar-refractivity contribution in [3.05, 3.63) is 36.2 Å². The van der Waals surface area contributed by atoms with Crippen molar-refractivity contribution in [3.8, 4) is 11.3 Å². The summed E-state index contributed by atoms with van der Waals surface area (Å²) in [7, 11) is 3.41. The van der Waals surface area contributed by atoms with Crippen LogP contribution in [0.25, 0.3) is 22.2 Å². The number of aromatic amines is 1. The molecule has 6 nitrogen and oxygen atoms in total. The maximum Gasteiger partial charge on any atom is 0.292 e. The highest BCUT2D eigenvalue weighted by molar-refractivity contribution is 6.09. The first kappa shape index (κ1) is 12.3. The van der Waals surface area contributed by atoms with E-state index in [1.807, 2.05) is 24.3 Å². The largest absolute Gasteiger partial charge is 0.432 e. The number of hydrogen-bond donors (Lipinski definition) is 2. The van der Waals surface area contributed by atoms with E-state index >= 15 is 0 Å². The van der Waals surface area contributed by atoms with Crippen LogP contribution in [0.3, 0.4) is 0 Å². The van der Waals surface area contributed by atoms with E-state index in [0.717, 1.165) is 10.9 Å². The summed E-state index contributed by atoms with van der Waals surface area (Å²) in [6.07, 6.45) is 1.46. The highest BCUT2D eigenvalue weighted by Crippen LogP contribution is 2.32. The van der Waals surface area contributed by atoms with E-state index in [1.165, 1.54) is 11.2 Å². The Hall–Kier alpha value is -2.76. The summed E-state index contributed by atoms with van der Waals surface area (Å²) in [4.78, 5) is 21.1. The van der Waals surface area contributed by atoms with Gasteiger partial charge in [0.05, 0.1) is 0 Å². The first-order valence-electron chi connectivity index (χ1n) is 6.11. The molecule has 3 aromatic rings. The van der Waals surface area contributed by atoms with E-state index in [0.29, 0.717) is 17.0 Å². The monoisotopic (exact) mass is 270 g/mol. The molecule has 0 saturated heterocycles. The van der Waals surface area contributed by atoms with E-state index < -0.39 is 0 Å². The van der Waals surface area contributed by atoms with Crippen molar-refractivity contribution in [1.29, 1.82) is 0 Å². The van der Waals surface area contributed by atoms with Gasteiger partial charge in [0.25, 0.3) is 11.9 Å². The number of fused-ring (bicyclic) bond motifs is 1. The Kier molecular flexibility index (Phi) is 2.71. The molecule has 1 amide bonds. The first-order valence-corrected chi connectivity index (χ1v) is 6.11. The van der Waals surface area contributed by atoms with Gasteiger partial charge in [0.1, 0.15) is 17.7 Å². The molecular formula is C14H14N4O2. The predicted octanol–water partition coefficient (Wildman–Crippen LogP) is 2.11. The van der Waals surface area contributed by atoms with Crippen LogP contribution in [0.1, 0.15) is 10.5 Å². The van der Waals surface area contributed by atoms with Gasteiger partial charge in [-0.05, 0) is 6.07 Å². The summed E-state index contributed by atoms with van der Waals surface area (Å²) in [5.41, 5.74) is 8.13. The molecule has 0 aliphatic rings. The molecule has 102 valence electrons. The van der Waals surface area contributed by atoms with Crippen LogP contribution in [0, 0.1) is 0 Å². The quantitative estimate of drug-likeness (QED) is 0.746. The van der Waals surface area contributed by atoms with Crippen LogP contribution in [-0.4, -0.2) is 34.9 Å². The number of hydrogen-bond acceptors (Lipinski definition) is 4. The topological polar surface area (TPSA) is 88.2 Å². The van der Waals surface area contributed by atoms with Crippen molar-refractivity contribution in [2.24, 2.45) is 0 Å². The number of nitrogens with two attached hydrogens (primary N) is 1. The zero-order valence-electron chi connectivity index (χ0n) is 11.2. The third-order valence-electron chi connectivity index (χ3n) is 3.10. The van der Waals surface area contributed by atoms with E-state index in [4.69, 9.17) is 10.2 Å². The average molecular weight is 270 g/mol. The van der Waals surface area contributed by atoms with Crippen molar-refractivity contribution < 1.29 is 9.21 Å². The zero-order chi connectivity index (χ0) is 14.3. The molecule has 0 fully saturated rings. The summed E-state index contributed by atoms with van der Waals surface area (Å²) < 4.78 is 5.06. The lowest BCUT2D eigenvalue weighted by Gasteiger charge is -2.09. The second-order valence-electron chi connectivity index (χ2n) is 4.69. The van der Waals surface area contributed by atoms with Crippen molar-refractivity contribution in [1.82, 2.24) is 14.9 Å². The number of oxazole rings is 1. The van der Waals surface area contributed by atoms with Crippen LogP contribution < -0.4 is 5.73 Å². The summed E-state index contributed by atoms with van der Waals surface area (Å²) in [6, 6.07) is 7.73. The number of H-pyrrole nitrogens is 1. The van der Waals surface area contributed by atoms with Crippen molar-refractivity contribution in [3.63, 3.8) is 0 Å². The van der Waals surface area contributed by atoms with Gasteiger partial charge in [-0.15, -0.1) is 0 Å². The Morgan fingerprint density at radius 1 is 1.35 bits per heavy atom. The molecule has 20 heavy (non-hydrogen) atoms. The molecule has 0 spiro atoms. The Bertz CT molecular complexity index is 785. The minimum atomic E-state index is -0.127. The number of rotatable bonds is 2. The van der Waals surface area contributed by atoms with Crippen LogP contribution in [-0.2, 0) is 0 Å². The van der Waals surface area contributed by atoms with Gasteiger partial charge >= 0.3 is 0 Å². The lowest BCUT2D eigenvalue weighted by molar-refractivity contribution is 0.0823. The molecule has 1 aromatic carbocycles. The maximum atomic E-state index is 12.3. The number of carbonyl (C=O) groups excluding carboxylic acids is 1. The number of benzene rings is 1. The van der Waals surface area contributed by atoms with Gasteiger partial charge < -0.3 is 20.0 Å². The minimum absolute atomic E-state index is 0.0773. The molecule has 0 bridgehead atoms. The molecule has 3 N–H and O–H groups in total. The van der Waals surface area contributed by atoms with Crippen LogP contribution in [0.15, 0.2) is 34.9 Å². The summed E-state index contributed by atoms with van der Waals surface area (Å²) in [5, 5.41) is 0.908. The fraction of sp³-hybridized carbons (Fsp3) is 0.143. The number of aromatic nitrogens is 2. The van der Waals surface area contributed by atoms with Gasteiger partial charge in [0.2, 0.25) is 0 Å². The third-order valence-corrected chi connectivity index (χ3v) is 3.10. The van der Waals surface area contributed by atoms with Crippen LogP contribution in [0.4, 0.5) is 6.01 Å². The van der Waals surface area contributed by atoms with E-state index in [-0.39, 0.29) is 11.9 Å². The number of anilines is 1. The van der Waals surface area contributed by atoms with Gasteiger partial charge in [0.15, 0.2) is 0 Å². The van der Waals surface area contributed by atoms with E-state index in [2.05, 4.69) is 9.97 Å². The Labute approximate surface area is 115 Å². The second-order valence-corrected chi connectivity index (χ2v) is 4.69. The van der Waals surface area contributed by atoms with Crippen LogP contribution >= 0.6 is 0 Å². The van der Waals surface area contributed by atoms with E-state index in [1.54, 1.807) is 14.1 Å². The van der Waals surface area contributed by atoms with Crippen molar-refractivity contribution >= 4 is 22.8 Å². The first-order chi connectivity index (χ1) is 9.58. The number of carbonyl (C=O) groups is 1. The molecule has 6 heteroatoms. The minimum Gasteiger partial charge on any atom is -0.432 e. The molecule has 0 radical (unpaired) electrons. The highest BCUT2D eigenvalue weighted by Gasteiger charge is 2.22. The average Bonchev–Trinajstić information content (AvgIpc) is 3.00. The fourth-order valence-corrected chi connectivity index (χ4v) is 2.19. The van der Waals surface area contributed by atoms with Crippen molar-refractivity contribution in [2.45, 2.75) is 0 Å². The molecule has 2 aromatic heterocycles. The molecule has 0 atom stereocenters. The Balaban J connectivity index is 2.31. The van der Waals surface area contributed by atoms with Crippen LogP contribution in [0.2, 0.25) is 0 Å². The molecule has 0 aliphatic heterocycles. The normalized spacial score (nSPS) is 10.9. The standard InChI is InChI=1S/C14H14N4O2/c1-18(2)13(19)12-11(10-7-20-14(15)17-10)8-5-3-4-6-9(8)16-12/h3-7,16H,1-2H3,(H2,15,17). The maximum absolute atomic E-state index is 12.3. The van der Waals surface area contributed by atoms with E-state index in [9.17, 15) is 4.79 Å². The van der Waals surface area contributed by atoms with Gasteiger partial charge in [-0.1, -0.05) is 18.2 Å². The third kappa shape index (κ3) is 1.82. The SMILES string of the molecule is CN(C)C(=O)c1[nH]c2ccccc2c1-c1coc(N)n1. The number of nitrogens with zero attached hydrogens (tertiary/aromatic N) is 2. The van der Waals surface area contributed by atoms with Crippen LogP contribution in [0.5, 0.6) is 0 Å². The molecule has 3 rings (SSSR count).